The zero-order chi connectivity index (χ0) is 12.8. The maximum absolute atomic E-state index is 5.13. The first kappa shape index (κ1) is 11.3. The third-order valence-corrected chi connectivity index (χ3v) is 4.20. The van der Waals surface area contributed by atoms with Gasteiger partial charge in [0.25, 0.3) is 0 Å². The smallest absolute Gasteiger partial charge is 0.147 e. The monoisotopic (exact) mass is 242 g/mol. The highest BCUT2D eigenvalue weighted by atomic mass is 16.5. The molecule has 1 aromatic carbocycles. The number of aromatic nitrogens is 1. The number of hydrogen-bond acceptors (Lipinski definition) is 3. The van der Waals surface area contributed by atoms with E-state index in [9.17, 15) is 0 Å². The van der Waals surface area contributed by atoms with E-state index in [1.165, 1.54) is 11.1 Å². The van der Waals surface area contributed by atoms with Gasteiger partial charge in [-0.3, -0.25) is 0 Å². The zero-order valence-corrected chi connectivity index (χ0v) is 11.0. The lowest BCUT2D eigenvalue weighted by Gasteiger charge is -2.27. The third-order valence-electron chi connectivity index (χ3n) is 4.20. The minimum atomic E-state index is 0.0963. The fourth-order valence-corrected chi connectivity index (χ4v) is 3.11. The maximum Gasteiger partial charge on any atom is 0.147 e. The van der Waals surface area contributed by atoms with Gasteiger partial charge in [-0.15, -0.1) is 0 Å². The Morgan fingerprint density at radius 1 is 1.33 bits per heavy atom. The number of rotatable bonds is 2. The second-order valence-electron chi connectivity index (χ2n) is 5.50. The van der Waals surface area contributed by atoms with Crippen LogP contribution in [-0.2, 0) is 11.8 Å². The van der Waals surface area contributed by atoms with Crippen molar-refractivity contribution in [2.45, 2.75) is 31.6 Å². The highest BCUT2D eigenvalue weighted by Gasteiger charge is 2.42. The molecule has 0 spiro atoms. The van der Waals surface area contributed by atoms with E-state index in [0.717, 1.165) is 17.8 Å². The van der Waals surface area contributed by atoms with Gasteiger partial charge >= 0.3 is 0 Å². The number of nitrogens with zero attached hydrogens (tertiary/aromatic N) is 1. The second-order valence-corrected chi connectivity index (χ2v) is 5.50. The van der Waals surface area contributed by atoms with Crippen molar-refractivity contribution in [2.75, 3.05) is 12.4 Å². The lowest BCUT2D eigenvalue weighted by Crippen LogP contribution is -2.23. The quantitative estimate of drug-likeness (QED) is 0.877. The molecule has 1 atom stereocenters. The van der Waals surface area contributed by atoms with Gasteiger partial charge in [-0.25, -0.2) is 0 Å². The molecule has 0 bridgehead atoms. The minimum absolute atomic E-state index is 0.0963. The average Bonchev–Trinajstić information content (AvgIpc) is 2.92. The summed E-state index contributed by atoms with van der Waals surface area (Å²) in [6.45, 7) is 4.58. The number of benzene rings is 1. The van der Waals surface area contributed by atoms with Crippen LogP contribution in [0.25, 0.3) is 0 Å². The lowest BCUT2D eigenvalue weighted by molar-refractivity contribution is 0.377. The van der Waals surface area contributed by atoms with E-state index in [1.54, 1.807) is 6.26 Å². The molecule has 1 N–H and O–H groups in total. The molecule has 0 aliphatic heterocycles. The molecule has 94 valence electrons. The summed E-state index contributed by atoms with van der Waals surface area (Å²) in [5, 5.41) is 7.37. The summed E-state index contributed by atoms with van der Waals surface area (Å²) in [7, 11) is 1.91. The van der Waals surface area contributed by atoms with E-state index in [2.05, 4.69) is 48.6 Å². The molecular weight excluding hydrogens is 224 g/mol. The van der Waals surface area contributed by atoms with Crippen molar-refractivity contribution in [3.63, 3.8) is 0 Å². The molecule has 1 aromatic heterocycles. The van der Waals surface area contributed by atoms with Gasteiger partial charge in [0, 0.05) is 13.0 Å². The van der Waals surface area contributed by atoms with Crippen molar-refractivity contribution in [1.82, 2.24) is 5.16 Å². The van der Waals surface area contributed by atoms with Gasteiger partial charge < -0.3 is 9.84 Å². The van der Waals surface area contributed by atoms with E-state index in [1.807, 2.05) is 7.05 Å². The molecule has 1 heterocycles. The summed E-state index contributed by atoms with van der Waals surface area (Å²) >= 11 is 0. The van der Waals surface area contributed by atoms with Gasteiger partial charge in [-0.1, -0.05) is 43.3 Å². The van der Waals surface area contributed by atoms with E-state index in [-0.39, 0.29) is 5.41 Å². The molecule has 0 saturated carbocycles. The van der Waals surface area contributed by atoms with Crippen LogP contribution in [0.4, 0.5) is 5.69 Å². The van der Waals surface area contributed by atoms with Crippen LogP contribution in [0.1, 0.15) is 36.6 Å². The fourth-order valence-electron chi connectivity index (χ4n) is 3.11. The second kappa shape index (κ2) is 3.87. The summed E-state index contributed by atoms with van der Waals surface area (Å²) in [6.07, 6.45) is 2.72. The van der Waals surface area contributed by atoms with Gasteiger partial charge in [-0.05, 0) is 23.0 Å². The van der Waals surface area contributed by atoms with Crippen LogP contribution < -0.4 is 5.32 Å². The minimum Gasteiger partial charge on any atom is -0.384 e. The number of hydrogen-bond donors (Lipinski definition) is 1. The van der Waals surface area contributed by atoms with Crippen molar-refractivity contribution < 1.29 is 4.52 Å². The van der Waals surface area contributed by atoms with E-state index in [0.29, 0.717) is 5.92 Å². The molecule has 2 aromatic rings. The van der Waals surface area contributed by atoms with Crippen LogP contribution in [0.5, 0.6) is 0 Å². The predicted octanol–water partition coefficient (Wildman–Crippen LogP) is 3.33. The first-order chi connectivity index (χ1) is 8.64. The Hall–Kier alpha value is -1.77. The molecule has 0 saturated heterocycles. The van der Waals surface area contributed by atoms with Crippen molar-refractivity contribution in [3.05, 3.63) is 47.3 Å². The molecule has 0 fully saturated rings. The third kappa shape index (κ3) is 1.47. The van der Waals surface area contributed by atoms with Gasteiger partial charge in [0.15, 0.2) is 0 Å². The normalized spacial score (nSPS) is 20.7. The molecule has 1 aliphatic rings. The Bertz CT molecular complexity index is 571. The van der Waals surface area contributed by atoms with Crippen LogP contribution in [-0.4, -0.2) is 12.2 Å². The van der Waals surface area contributed by atoms with Crippen LogP contribution in [0, 0.1) is 0 Å². The van der Waals surface area contributed by atoms with Crippen molar-refractivity contribution in [1.29, 1.82) is 0 Å². The van der Waals surface area contributed by atoms with E-state index in [4.69, 9.17) is 4.52 Å². The first-order valence-corrected chi connectivity index (χ1v) is 6.35. The molecule has 1 aliphatic carbocycles. The highest BCUT2D eigenvalue weighted by molar-refractivity contribution is 5.52. The molecule has 1 unspecified atom stereocenters. The highest BCUT2D eigenvalue weighted by Crippen LogP contribution is 2.49. The Morgan fingerprint density at radius 2 is 2.11 bits per heavy atom. The van der Waals surface area contributed by atoms with Gasteiger partial charge in [0.05, 0.1) is 5.69 Å². The Labute approximate surface area is 107 Å². The fraction of sp³-hybridized carbons (Fsp3) is 0.400. The molecule has 3 rings (SSSR count). The van der Waals surface area contributed by atoms with Crippen molar-refractivity contribution in [2.24, 2.45) is 0 Å². The van der Waals surface area contributed by atoms with Gasteiger partial charge in [-0.2, -0.15) is 0 Å². The molecule has 0 radical (unpaired) electrons. The number of anilines is 1. The maximum atomic E-state index is 5.13. The van der Waals surface area contributed by atoms with E-state index < -0.39 is 0 Å². The van der Waals surface area contributed by atoms with Gasteiger partial charge in [0.2, 0.25) is 0 Å². The molecule has 3 heteroatoms. The molecule has 18 heavy (non-hydrogen) atoms. The average molecular weight is 242 g/mol. The zero-order valence-electron chi connectivity index (χ0n) is 11.0. The largest absolute Gasteiger partial charge is 0.384 e. The first-order valence-electron chi connectivity index (χ1n) is 6.35. The number of fused-ring (bicyclic) bond motifs is 1. The SMILES string of the molecule is CNc1conc1C1Cc2ccccc2C1(C)C. The topological polar surface area (TPSA) is 38.1 Å². The summed E-state index contributed by atoms with van der Waals surface area (Å²) < 4.78 is 5.13. The lowest BCUT2D eigenvalue weighted by atomic mass is 9.76. The Morgan fingerprint density at radius 3 is 2.83 bits per heavy atom. The van der Waals surface area contributed by atoms with E-state index >= 15 is 0 Å². The molecule has 0 amide bonds. The van der Waals surface area contributed by atoms with Crippen LogP contribution in [0.3, 0.4) is 0 Å². The van der Waals surface area contributed by atoms with Crippen LogP contribution in [0.2, 0.25) is 0 Å². The Kier molecular flexibility index (Phi) is 2.44. The predicted molar refractivity (Wildman–Crippen MR) is 72.0 cm³/mol. The summed E-state index contributed by atoms with van der Waals surface area (Å²) in [4.78, 5) is 0. The summed E-state index contributed by atoms with van der Waals surface area (Å²) in [5.74, 6) is 0.371. The van der Waals surface area contributed by atoms with Crippen molar-refractivity contribution in [3.8, 4) is 0 Å². The van der Waals surface area contributed by atoms with Crippen LogP contribution in [0.15, 0.2) is 35.1 Å². The number of nitrogens with one attached hydrogen (secondary N) is 1. The standard InChI is InChI=1S/C15H18N2O/c1-15(2)11-7-5-4-6-10(11)8-12(15)14-13(16-3)9-18-17-14/h4-7,9,12,16H,8H2,1-3H3. The summed E-state index contributed by atoms with van der Waals surface area (Å²) in [6, 6.07) is 8.68. The van der Waals surface area contributed by atoms with Crippen molar-refractivity contribution >= 4 is 5.69 Å². The Balaban J connectivity index is 2.07. The molecule has 3 nitrogen and oxygen atoms in total. The summed E-state index contributed by atoms with van der Waals surface area (Å²) in [5.41, 5.74) is 5.00. The van der Waals surface area contributed by atoms with Crippen LogP contribution >= 0.6 is 0 Å². The molecular formula is C15H18N2O. The van der Waals surface area contributed by atoms with Gasteiger partial charge in [0.1, 0.15) is 12.0 Å².